The van der Waals surface area contributed by atoms with E-state index in [1.54, 1.807) is 4.90 Å². The van der Waals surface area contributed by atoms with Gasteiger partial charge in [0.2, 0.25) is 5.91 Å². The number of rotatable bonds is 2. The highest BCUT2D eigenvalue weighted by molar-refractivity contribution is 5.98. The van der Waals surface area contributed by atoms with E-state index in [2.05, 4.69) is 4.98 Å². The fourth-order valence-electron chi connectivity index (χ4n) is 2.74. The summed E-state index contributed by atoms with van der Waals surface area (Å²) in [6.07, 6.45) is 3.18. The first-order valence-corrected chi connectivity index (χ1v) is 6.81. The van der Waals surface area contributed by atoms with E-state index in [1.807, 2.05) is 30.5 Å². The van der Waals surface area contributed by atoms with Crippen molar-refractivity contribution in [2.45, 2.75) is 12.8 Å². The van der Waals surface area contributed by atoms with E-state index in [1.165, 1.54) is 0 Å². The number of carbonyl (C=O) groups is 2. The molecule has 0 atom stereocenters. The third-order valence-corrected chi connectivity index (χ3v) is 3.98. The van der Waals surface area contributed by atoms with Gasteiger partial charge in [0.25, 0.3) is 5.91 Å². The van der Waals surface area contributed by atoms with Crippen LogP contribution in [0.3, 0.4) is 0 Å². The Morgan fingerprint density at radius 3 is 2.65 bits per heavy atom. The van der Waals surface area contributed by atoms with Crippen molar-refractivity contribution in [3.63, 3.8) is 0 Å². The molecule has 1 aromatic heterocycles. The van der Waals surface area contributed by atoms with Crippen molar-refractivity contribution in [2.24, 2.45) is 11.7 Å². The van der Waals surface area contributed by atoms with Crippen LogP contribution in [-0.4, -0.2) is 34.8 Å². The number of piperidine rings is 1. The topological polar surface area (TPSA) is 79.2 Å². The number of hydrogen-bond acceptors (Lipinski definition) is 2. The zero-order chi connectivity index (χ0) is 14.1. The molecule has 1 aromatic carbocycles. The highest BCUT2D eigenvalue weighted by Crippen LogP contribution is 2.20. The van der Waals surface area contributed by atoms with Crippen LogP contribution in [-0.2, 0) is 4.79 Å². The molecule has 2 amide bonds. The van der Waals surface area contributed by atoms with Crippen molar-refractivity contribution in [3.05, 3.63) is 36.0 Å². The highest BCUT2D eigenvalue weighted by atomic mass is 16.2. The lowest BCUT2D eigenvalue weighted by Crippen LogP contribution is -2.41. The molecule has 3 rings (SSSR count). The number of nitrogens with two attached hydrogens (primary N) is 1. The van der Waals surface area contributed by atoms with E-state index in [0.29, 0.717) is 31.5 Å². The number of amides is 2. The van der Waals surface area contributed by atoms with Crippen molar-refractivity contribution in [2.75, 3.05) is 13.1 Å². The van der Waals surface area contributed by atoms with Crippen molar-refractivity contribution in [1.29, 1.82) is 0 Å². The Labute approximate surface area is 116 Å². The minimum Gasteiger partial charge on any atom is -0.369 e. The third kappa shape index (κ3) is 2.27. The van der Waals surface area contributed by atoms with Crippen molar-refractivity contribution >= 4 is 22.7 Å². The van der Waals surface area contributed by atoms with Gasteiger partial charge in [-0.3, -0.25) is 9.59 Å². The zero-order valence-electron chi connectivity index (χ0n) is 11.1. The summed E-state index contributed by atoms with van der Waals surface area (Å²) in [5, 5.41) is 1.03. The molecule has 104 valence electrons. The van der Waals surface area contributed by atoms with Crippen LogP contribution in [0.4, 0.5) is 0 Å². The predicted molar refractivity (Wildman–Crippen MR) is 76.1 cm³/mol. The summed E-state index contributed by atoms with van der Waals surface area (Å²) in [5.74, 6) is -0.326. The van der Waals surface area contributed by atoms with Gasteiger partial charge in [0.05, 0.1) is 0 Å². The summed E-state index contributed by atoms with van der Waals surface area (Å²) in [7, 11) is 0. The molecule has 2 aromatic rings. The molecule has 1 fully saturated rings. The molecular weight excluding hydrogens is 254 g/mol. The number of carbonyl (C=O) groups excluding carboxylic acids is 2. The van der Waals surface area contributed by atoms with Gasteiger partial charge in [-0.25, -0.2) is 0 Å². The first-order chi connectivity index (χ1) is 9.65. The van der Waals surface area contributed by atoms with E-state index in [0.717, 1.165) is 10.9 Å². The lowest BCUT2D eigenvalue weighted by atomic mass is 9.96. The van der Waals surface area contributed by atoms with Gasteiger partial charge in [0.1, 0.15) is 0 Å². The highest BCUT2D eigenvalue weighted by Gasteiger charge is 2.26. The summed E-state index contributed by atoms with van der Waals surface area (Å²) in [5.41, 5.74) is 7.02. The van der Waals surface area contributed by atoms with Crippen molar-refractivity contribution in [3.8, 4) is 0 Å². The quantitative estimate of drug-likeness (QED) is 0.868. The molecule has 0 unspecified atom stereocenters. The van der Waals surface area contributed by atoms with Gasteiger partial charge in [0.15, 0.2) is 0 Å². The maximum absolute atomic E-state index is 12.4. The fraction of sp³-hybridized carbons (Fsp3) is 0.333. The predicted octanol–water partition coefficient (Wildman–Crippen LogP) is 1.51. The first-order valence-electron chi connectivity index (χ1n) is 6.81. The second-order valence-electron chi connectivity index (χ2n) is 5.25. The van der Waals surface area contributed by atoms with E-state index >= 15 is 0 Å². The molecule has 5 nitrogen and oxygen atoms in total. The third-order valence-electron chi connectivity index (χ3n) is 3.98. The van der Waals surface area contributed by atoms with Gasteiger partial charge in [-0.05, 0) is 37.1 Å². The summed E-state index contributed by atoms with van der Waals surface area (Å²) in [4.78, 5) is 28.5. The summed E-state index contributed by atoms with van der Waals surface area (Å²) >= 11 is 0. The number of nitrogens with one attached hydrogen (secondary N) is 1. The molecule has 5 heteroatoms. The molecule has 0 aliphatic carbocycles. The number of primary amides is 1. The van der Waals surface area contributed by atoms with E-state index in [-0.39, 0.29) is 17.7 Å². The Kier molecular flexibility index (Phi) is 3.18. The normalized spacial score (nSPS) is 16.5. The SMILES string of the molecule is NC(=O)C1CCN(C(=O)c2ccc3[nH]ccc3c2)CC1. The van der Waals surface area contributed by atoms with Gasteiger partial charge in [-0.1, -0.05) is 0 Å². The lowest BCUT2D eigenvalue weighted by molar-refractivity contribution is -0.123. The fourth-order valence-corrected chi connectivity index (χ4v) is 2.74. The van der Waals surface area contributed by atoms with Gasteiger partial charge in [-0.15, -0.1) is 0 Å². The number of benzene rings is 1. The molecule has 0 radical (unpaired) electrons. The van der Waals surface area contributed by atoms with Gasteiger partial charge < -0.3 is 15.6 Å². The molecule has 0 saturated carbocycles. The van der Waals surface area contributed by atoms with Crippen LogP contribution >= 0.6 is 0 Å². The Morgan fingerprint density at radius 2 is 1.95 bits per heavy atom. The van der Waals surface area contributed by atoms with Crippen LogP contribution in [0.25, 0.3) is 10.9 Å². The largest absolute Gasteiger partial charge is 0.369 e. The Morgan fingerprint density at radius 1 is 1.20 bits per heavy atom. The van der Waals surface area contributed by atoms with Crippen LogP contribution in [0.15, 0.2) is 30.5 Å². The van der Waals surface area contributed by atoms with Gasteiger partial charge in [0, 0.05) is 41.7 Å². The van der Waals surface area contributed by atoms with E-state index in [4.69, 9.17) is 5.73 Å². The van der Waals surface area contributed by atoms with Crippen molar-refractivity contribution < 1.29 is 9.59 Å². The first kappa shape index (κ1) is 12.7. The van der Waals surface area contributed by atoms with Gasteiger partial charge in [-0.2, -0.15) is 0 Å². The minimum atomic E-state index is -0.258. The molecule has 3 N–H and O–H groups in total. The monoisotopic (exact) mass is 271 g/mol. The Balaban J connectivity index is 1.74. The number of H-pyrrole nitrogens is 1. The number of fused-ring (bicyclic) bond motifs is 1. The maximum atomic E-state index is 12.4. The number of aromatic amines is 1. The smallest absolute Gasteiger partial charge is 0.253 e. The Hall–Kier alpha value is -2.30. The molecule has 2 heterocycles. The second-order valence-corrected chi connectivity index (χ2v) is 5.25. The molecule has 1 saturated heterocycles. The van der Waals surface area contributed by atoms with Crippen LogP contribution < -0.4 is 5.73 Å². The van der Waals surface area contributed by atoms with Crippen LogP contribution in [0.1, 0.15) is 23.2 Å². The number of hydrogen-bond donors (Lipinski definition) is 2. The average Bonchev–Trinajstić information content (AvgIpc) is 2.94. The summed E-state index contributed by atoms with van der Waals surface area (Å²) in [6, 6.07) is 7.60. The Bertz CT molecular complexity index is 654. The molecular formula is C15H17N3O2. The average molecular weight is 271 g/mol. The standard InChI is InChI=1S/C15H17N3O2/c16-14(19)10-4-7-18(8-5-10)15(20)12-1-2-13-11(9-12)3-6-17-13/h1-3,6,9-10,17H,4-5,7-8H2,(H2,16,19). The number of likely N-dealkylation sites (tertiary alicyclic amines) is 1. The van der Waals surface area contributed by atoms with E-state index < -0.39 is 0 Å². The zero-order valence-corrected chi connectivity index (χ0v) is 11.1. The molecule has 20 heavy (non-hydrogen) atoms. The van der Waals surface area contributed by atoms with Gasteiger partial charge >= 0.3 is 0 Å². The molecule has 0 bridgehead atoms. The maximum Gasteiger partial charge on any atom is 0.253 e. The molecule has 0 spiro atoms. The minimum absolute atomic E-state index is 0.0241. The lowest BCUT2D eigenvalue weighted by Gasteiger charge is -2.30. The number of aromatic nitrogens is 1. The van der Waals surface area contributed by atoms with Crippen LogP contribution in [0.2, 0.25) is 0 Å². The summed E-state index contributed by atoms with van der Waals surface area (Å²) in [6.45, 7) is 1.19. The summed E-state index contributed by atoms with van der Waals surface area (Å²) < 4.78 is 0. The van der Waals surface area contributed by atoms with E-state index in [9.17, 15) is 9.59 Å². The second kappa shape index (κ2) is 5.00. The number of nitrogens with zero attached hydrogens (tertiary/aromatic N) is 1. The van der Waals surface area contributed by atoms with Crippen LogP contribution in [0, 0.1) is 5.92 Å². The molecule has 1 aliphatic heterocycles. The van der Waals surface area contributed by atoms with Crippen LogP contribution in [0.5, 0.6) is 0 Å². The molecule has 1 aliphatic rings. The van der Waals surface area contributed by atoms with Crippen molar-refractivity contribution in [1.82, 2.24) is 9.88 Å².